The van der Waals surface area contributed by atoms with Crippen molar-refractivity contribution in [1.29, 1.82) is 0 Å². The molecule has 1 aromatic heterocycles. The Balaban J connectivity index is 2.07. The average molecular weight is 223 g/mol. The molecule has 2 unspecified atom stereocenters. The Hall–Kier alpha value is -0.970. The molecule has 5 nitrogen and oxygen atoms in total. The van der Waals surface area contributed by atoms with Gasteiger partial charge in [0.25, 0.3) is 0 Å². The molecule has 1 saturated carbocycles. The van der Waals surface area contributed by atoms with Crippen LogP contribution in [-0.4, -0.2) is 26.8 Å². The van der Waals surface area contributed by atoms with E-state index in [4.69, 9.17) is 5.73 Å². The zero-order valence-electron chi connectivity index (χ0n) is 9.97. The first-order valence-corrected chi connectivity index (χ1v) is 6.31. The number of aromatic nitrogens is 4. The van der Waals surface area contributed by atoms with E-state index in [0.29, 0.717) is 12.5 Å². The fourth-order valence-electron chi connectivity index (χ4n) is 2.68. The first-order chi connectivity index (χ1) is 7.85. The number of nitrogens with zero attached hydrogens (tertiary/aromatic N) is 4. The standard InChI is InChI=1S/C11H21N5/c1-2-9-4-3-5-10(8-9)11-13-14-15-16(11)7-6-12/h9-10H,2-8,12H2,1H3. The van der Waals surface area contributed by atoms with Crippen LogP contribution in [0.25, 0.3) is 0 Å². The predicted octanol–water partition coefficient (Wildman–Crippen LogP) is 1.32. The Bertz CT molecular complexity index is 322. The molecule has 0 saturated heterocycles. The van der Waals surface area contributed by atoms with Crippen LogP contribution >= 0.6 is 0 Å². The Morgan fingerprint density at radius 3 is 3.06 bits per heavy atom. The lowest BCUT2D eigenvalue weighted by atomic mass is 9.80. The second kappa shape index (κ2) is 5.39. The fraction of sp³-hybridized carbons (Fsp3) is 0.909. The van der Waals surface area contributed by atoms with Gasteiger partial charge in [0, 0.05) is 12.5 Å². The lowest BCUT2D eigenvalue weighted by molar-refractivity contribution is 0.300. The molecular formula is C11H21N5. The number of hydrogen-bond acceptors (Lipinski definition) is 4. The zero-order valence-corrected chi connectivity index (χ0v) is 9.97. The van der Waals surface area contributed by atoms with Gasteiger partial charge in [-0.15, -0.1) is 5.10 Å². The van der Waals surface area contributed by atoms with E-state index in [1.54, 1.807) is 0 Å². The van der Waals surface area contributed by atoms with E-state index in [1.807, 2.05) is 4.68 Å². The summed E-state index contributed by atoms with van der Waals surface area (Å²) in [6.45, 7) is 3.60. The lowest BCUT2D eigenvalue weighted by Crippen LogP contribution is -2.20. The first-order valence-electron chi connectivity index (χ1n) is 6.31. The summed E-state index contributed by atoms with van der Waals surface area (Å²) < 4.78 is 1.88. The van der Waals surface area contributed by atoms with Crippen molar-refractivity contribution < 1.29 is 0 Å². The highest BCUT2D eigenvalue weighted by Crippen LogP contribution is 2.36. The number of hydrogen-bond donors (Lipinski definition) is 1. The highest BCUT2D eigenvalue weighted by atomic mass is 15.5. The molecule has 1 heterocycles. The van der Waals surface area contributed by atoms with Crippen molar-refractivity contribution in [3.8, 4) is 0 Å². The summed E-state index contributed by atoms with van der Waals surface area (Å²) in [7, 11) is 0. The molecule has 0 aromatic carbocycles. The molecule has 2 rings (SSSR count). The molecule has 0 bridgehead atoms. The van der Waals surface area contributed by atoms with Crippen LogP contribution in [0.4, 0.5) is 0 Å². The maximum atomic E-state index is 5.56. The SMILES string of the molecule is CCC1CCCC(c2nnnn2CCN)C1. The number of tetrazole rings is 1. The van der Waals surface area contributed by atoms with Crippen LogP contribution in [0.15, 0.2) is 0 Å². The van der Waals surface area contributed by atoms with E-state index in [2.05, 4.69) is 22.4 Å². The van der Waals surface area contributed by atoms with Gasteiger partial charge in [0.05, 0.1) is 6.54 Å². The van der Waals surface area contributed by atoms with Crippen LogP contribution in [0.2, 0.25) is 0 Å². The van der Waals surface area contributed by atoms with Crippen LogP contribution in [0.5, 0.6) is 0 Å². The van der Waals surface area contributed by atoms with E-state index >= 15 is 0 Å². The Labute approximate surface area is 96.4 Å². The van der Waals surface area contributed by atoms with Gasteiger partial charge in [-0.3, -0.25) is 0 Å². The van der Waals surface area contributed by atoms with Gasteiger partial charge in [-0.1, -0.05) is 26.2 Å². The Kier molecular flexibility index (Phi) is 3.88. The van der Waals surface area contributed by atoms with Gasteiger partial charge < -0.3 is 5.73 Å². The minimum atomic E-state index is 0.542. The maximum Gasteiger partial charge on any atom is 0.154 e. The molecule has 1 aliphatic carbocycles. The van der Waals surface area contributed by atoms with Crippen molar-refractivity contribution in [2.24, 2.45) is 11.7 Å². The molecule has 1 aromatic rings. The molecule has 0 spiro atoms. The molecule has 16 heavy (non-hydrogen) atoms. The van der Waals surface area contributed by atoms with E-state index in [-0.39, 0.29) is 0 Å². The highest BCUT2D eigenvalue weighted by molar-refractivity contribution is 4.96. The maximum absolute atomic E-state index is 5.56. The summed E-state index contributed by atoms with van der Waals surface area (Å²) in [5.41, 5.74) is 5.56. The predicted molar refractivity (Wildman–Crippen MR) is 61.9 cm³/mol. The molecular weight excluding hydrogens is 202 g/mol. The number of nitrogens with two attached hydrogens (primary N) is 1. The van der Waals surface area contributed by atoms with Crippen molar-refractivity contribution in [2.45, 2.75) is 51.5 Å². The topological polar surface area (TPSA) is 69.6 Å². The van der Waals surface area contributed by atoms with Gasteiger partial charge in [-0.05, 0) is 29.2 Å². The summed E-state index contributed by atoms with van der Waals surface area (Å²) >= 11 is 0. The summed E-state index contributed by atoms with van der Waals surface area (Å²) in [5, 5.41) is 12.0. The van der Waals surface area contributed by atoms with E-state index in [9.17, 15) is 0 Å². The van der Waals surface area contributed by atoms with Gasteiger partial charge in [-0.2, -0.15) is 0 Å². The van der Waals surface area contributed by atoms with Crippen molar-refractivity contribution in [3.63, 3.8) is 0 Å². The molecule has 1 aliphatic rings. The van der Waals surface area contributed by atoms with E-state index < -0.39 is 0 Å². The van der Waals surface area contributed by atoms with Crippen LogP contribution in [0.3, 0.4) is 0 Å². The highest BCUT2D eigenvalue weighted by Gasteiger charge is 2.26. The van der Waals surface area contributed by atoms with Gasteiger partial charge in [0.15, 0.2) is 5.82 Å². The Morgan fingerprint density at radius 2 is 2.31 bits per heavy atom. The molecule has 2 N–H and O–H groups in total. The third-order valence-electron chi connectivity index (χ3n) is 3.63. The molecule has 5 heteroatoms. The monoisotopic (exact) mass is 223 g/mol. The number of rotatable bonds is 4. The van der Waals surface area contributed by atoms with Gasteiger partial charge in [-0.25, -0.2) is 4.68 Å². The van der Waals surface area contributed by atoms with Crippen LogP contribution in [0.1, 0.15) is 50.8 Å². The molecule has 0 amide bonds. The molecule has 2 atom stereocenters. The van der Waals surface area contributed by atoms with Crippen molar-refractivity contribution >= 4 is 0 Å². The van der Waals surface area contributed by atoms with Crippen LogP contribution in [0, 0.1) is 5.92 Å². The molecule has 1 fully saturated rings. The Morgan fingerprint density at radius 1 is 1.44 bits per heavy atom. The van der Waals surface area contributed by atoms with Crippen LogP contribution in [-0.2, 0) is 6.54 Å². The van der Waals surface area contributed by atoms with Crippen molar-refractivity contribution in [2.75, 3.05) is 6.54 Å². The zero-order chi connectivity index (χ0) is 11.4. The van der Waals surface area contributed by atoms with Crippen LogP contribution < -0.4 is 5.73 Å². The largest absolute Gasteiger partial charge is 0.329 e. The third kappa shape index (κ3) is 2.40. The summed E-state index contributed by atoms with van der Waals surface area (Å²) in [5.74, 6) is 2.44. The summed E-state index contributed by atoms with van der Waals surface area (Å²) in [6, 6.07) is 0. The summed E-state index contributed by atoms with van der Waals surface area (Å²) in [6.07, 6.45) is 6.40. The third-order valence-corrected chi connectivity index (χ3v) is 3.63. The lowest BCUT2D eigenvalue weighted by Gasteiger charge is -2.27. The fourth-order valence-corrected chi connectivity index (χ4v) is 2.68. The second-order valence-corrected chi connectivity index (χ2v) is 4.69. The minimum Gasteiger partial charge on any atom is -0.329 e. The van der Waals surface area contributed by atoms with Crippen molar-refractivity contribution in [3.05, 3.63) is 5.82 Å². The molecule has 90 valence electrons. The van der Waals surface area contributed by atoms with Gasteiger partial charge in [0.2, 0.25) is 0 Å². The minimum absolute atomic E-state index is 0.542. The quantitative estimate of drug-likeness (QED) is 0.835. The van der Waals surface area contributed by atoms with Gasteiger partial charge in [0.1, 0.15) is 0 Å². The molecule has 0 aliphatic heterocycles. The second-order valence-electron chi connectivity index (χ2n) is 4.69. The first kappa shape index (κ1) is 11.5. The van der Waals surface area contributed by atoms with E-state index in [0.717, 1.165) is 18.3 Å². The average Bonchev–Trinajstić information content (AvgIpc) is 2.78. The van der Waals surface area contributed by atoms with E-state index in [1.165, 1.54) is 32.1 Å². The van der Waals surface area contributed by atoms with Gasteiger partial charge >= 0.3 is 0 Å². The smallest absolute Gasteiger partial charge is 0.154 e. The summed E-state index contributed by atoms with van der Waals surface area (Å²) in [4.78, 5) is 0. The van der Waals surface area contributed by atoms with Crippen molar-refractivity contribution in [1.82, 2.24) is 20.2 Å². The normalized spacial score (nSPS) is 25.9. The molecule has 0 radical (unpaired) electrons.